The number of ether oxygens (including phenoxy) is 2. The minimum Gasteiger partial charge on any atom is -0.497 e. The van der Waals surface area contributed by atoms with Crippen molar-refractivity contribution in [3.8, 4) is 11.5 Å². The fourth-order valence-electron chi connectivity index (χ4n) is 2.12. The molecule has 0 bridgehead atoms. The highest BCUT2D eigenvalue weighted by Crippen LogP contribution is 2.10. The van der Waals surface area contributed by atoms with Crippen molar-refractivity contribution in [2.45, 2.75) is 0 Å². The lowest BCUT2D eigenvalue weighted by atomic mass is 10.2. The van der Waals surface area contributed by atoms with Gasteiger partial charge in [0.25, 0.3) is 0 Å². The van der Waals surface area contributed by atoms with Crippen LogP contribution in [0.2, 0.25) is 0 Å². The zero-order valence-corrected chi connectivity index (χ0v) is 15.8. The molecule has 0 atom stereocenters. The molecular weight excluding hydrogens is 328 g/mol. The van der Waals surface area contributed by atoms with Crippen LogP contribution in [0.1, 0.15) is 11.1 Å². The quantitative estimate of drug-likeness (QED) is 0.513. The number of rotatable bonds is 9. The van der Waals surface area contributed by atoms with Crippen LogP contribution >= 0.6 is 0 Å². The average Bonchev–Trinajstić information content (AvgIpc) is 2.69. The molecule has 6 nitrogen and oxygen atoms in total. The minimum atomic E-state index is 0.767. The van der Waals surface area contributed by atoms with Gasteiger partial charge >= 0.3 is 0 Å². The maximum absolute atomic E-state index is 5.15. The first-order valence-electron chi connectivity index (χ1n) is 8.39. The summed E-state index contributed by atoms with van der Waals surface area (Å²) in [5, 5.41) is 12.7. The zero-order valence-electron chi connectivity index (χ0n) is 15.8. The van der Waals surface area contributed by atoms with Crippen molar-refractivity contribution in [2.24, 2.45) is 10.2 Å². The molecule has 6 heteroatoms. The summed E-state index contributed by atoms with van der Waals surface area (Å²) < 4.78 is 10.3. The first-order valence-corrected chi connectivity index (χ1v) is 8.39. The van der Waals surface area contributed by atoms with E-state index in [0.29, 0.717) is 0 Å². The van der Waals surface area contributed by atoms with Gasteiger partial charge in [0.2, 0.25) is 0 Å². The van der Waals surface area contributed by atoms with Gasteiger partial charge in [-0.15, -0.1) is 0 Å². The van der Waals surface area contributed by atoms with Crippen LogP contribution in [0.4, 0.5) is 0 Å². The molecule has 0 aliphatic rings. The summed E-state index contributed by atoms with van der Waals surface area (Å²) >= 11 is 0. The third kappa shape index (κ3) is 6.47. The Bertz CT molecular complexity index is 648. The number of likely N-dealkylation sites (N-methyl/N-ethyl adjacent to an activating group) is 2. The van der Waals surface area contributed by atoms with Crippen molar-refractivity contribution in [2.75, 3.05) is 41.4 Å². The van der Waals surface area contributed by atoms with Crippen LogP contribution < -0.4 is 9.47 Å². The molecule has 0 spiro atoms. The lowest BCUT2D eigenvalue weighted by Crippen LogP contribution is -2.25. The van der Waals surface area contributed by atoms with E-state index in [-0.39, 0.29) is 0 Å². The van der Waals surface area contributed by atoms with Gasteiger partial charge in [-0.2, -0.15) is 10.2 Å². The monoisotopic (exact) mass is 354 g/mol. The maximum atomic E-state index is 5.15. The summed E-state index contributed by atoms with van der Waals surface area (Å²) in [6, 6.07) is 15.6. The molecule has 2 rings (SSSR count). The third-order valence-electron chi connectivity index (χ3n) is 3.79. The molecule has 2 aromatic rings. The Morgan fingerprint density at radius 3 is 1.35 bits per heavy atom. The van der Waals surface area contributed by atoms with Gasteiger partial charge < -0.3 is 9.47 Å². The summed E-state index contributed by atoms with van der Waals surface area (Å²) in [6.45, 7) is 1.53. The Hall–Kier alpha value is -3.02. The topological polar surface area (TPSA) is 49.7 Å². The summed E-state index contributed by atoms with van der Waals surface area (Å²) in [5.74, 6) is 1.68. The number of benzene rings is 2. The molecule has 0 saturated heterocycles. The van der Waals surface area contributed by atoms with E-state index in [9.17, 15) is 0 Å². The molecule has 0 N–H and O–H groups in total. The first kappa shape index (κ1) is 19.3. The third-order valence-corrected chi connectivity index (χ3v) is 3.79. The van der Waals surface area contributed by atoms with Crippen LogP contribution in [0.5, 0.6) is 11.5 Å². The van der Waals surface area contributed by atoms with Crippen molar-refractivity contribution >= 4 is 12.4 Å². The number of hydrogen-bond donors (Lipinski definition) is 0. The predicted octanol–water partition coefficient (Wildman–Crippen LogP) is 2.94. The second kappa shape index (κ2) is 10.1. The molecule has 0 saturated carbocycles. The van der Waals surface area contributed by atoms with Gasteiger partial charge in [0.15, 0.2) is 0 Å². The SMILES string of the molecule is COc1ccc(/C=N/N(C)CCN(C)/N=C/c2ccc(OC)cc2)cc1. The summed E-state index contributed by atoms with van der Waals surface area (Å²) in [6.07, 6.45) is 3.67. The Kier molecular flexibility index (Phi) is 7.49. The van der Waals surface area contributed by atoms with Gasteiger partial charge in [0, 0.05) is 14.1 Å². The van der Waals surface area contributed by atoms with Crippen LogP contribution in [0.25, 0.3) is 0 Å². The highest BCUT2D eigenvalue weighted by Gasteiger charge is 1.98. The van der Waals surface area contributed by atoms with Gasteiger partial charge in [-0.25, -0.2) is 0 Å². The zero-order chi connectivity index (χ0) is 18.8. The van der Waals surface area contributed by atoms with Crippen molar-refractivity contribution in [3.63, 3.8) is 0 Å². The van der Waals surface area contributed by atoms with Gasteiger partial charge in [-0.05, 0) is 59.7 Å². The molecule has 0 amide bonds. The smallest absolute Gasteiger partial charge is 0.118 e. The first-order chi connectivity index (χ1) is 12.6. The molecule has 0 unspecified atom stereocenters. The van der Waals surface area contributed by atoms with E-state index in [0.717, 1.165) is 35.7 Å². The fourth-order valence-corrected chi connectivity index (χ4v) is 2.12. The Morgan fingerprint density at radius 1 is 0.692 bits per heavy atom. The van der Waals surface area contributed by atoms with Crippen LogP contribution in [-0.2, 0) is 0 Å². The largest absolute Gasteiger partial charge is 0.497 e. The van der Waals surface area contributed by atoms with Crippen LogP contribution in [0.15, 0.2) is 58.7 Å². The molecular formula is C20H26N4O2. The summed E-state index contributed by atoms with van der Waals surface area (Å²) in [5.41, 5.74) is 2.06. The predicted molar refractivity (Wildman–Crippen MR) is 106 cm³/mol. The van der Waals surface area contributed by atoms with Gasteiger partial charge in [-0.1, -0.05) is 0 Å². The minimum absolute atomic E-state index is 0.767. The van der Waals surface area contributed by atoms with E-state index in [4.69, 9.17) is 9.47 Å². The summed E-state index contributed by atoms with van der Waals surface area (Å²) in [4.78, 5) is 0. The number of nitrogens with zero attached hydrogens (tertiary/aromatic N) is 4. The molecule has 138 valence electrons. The Balaban J connectivity index is 1.77. The van der Waals surface area contributed by atoms with Crippen molar-refractivity contribution < 1.29 is 9.47 Å². The second-order valence-corrected chi connectivity index (χ2v) is 5.80. The average molecular weight is 354 g/mol. The van der Waals surface area contributed by atoms with E-state index >= 15 is 0 Å². The van der Waals surface area contributed by atoms with Gasteiger partial charge in [0.1, 0.15) is 11.5 Å². The molecule has 0 aliphatic heterocycles. The number of methoxy groups -OCH3 is 2. The highest BCUT2D eigenvalue weighted by molar-refractivity contribution is 5.80. The van der Waals surface area contributed by atoms with Crippen molar-refractivity contribution in [1.82, 2.24) is 10.0 Å². The Labute approximate surface area is 155 Å². The van der Waals surface area contributed by atoms with E-state index in [1.165, 1.54) is 0 Å². The highest BCUT2D eigenvalue weighted by atomic mass is 16.5. The van der Waals surface area contributed by atoms with Crippen LogP contribution in [-0.4, -0.2) is 63.9 Å². The molecule has 0 heterocycles. The van der Waals surface area contributed by atoms with Gasteiger partial charge in [-0.3, -0.25) is 10.0 Å². The van der Waals surface area contributed by atoms with Gasteiger partial charge in [0.05, 0.1) is 39.7 Å². The lowest BCUT2D eigenvalue weighted by Gasteiger charge is -2.17. The molecule has 0 aromatic heterocycles. The van der Waals surface area contributed by atoms with Crippen molar-refractivity contribution in [3.05, 3.63) is 59.7 Å². The maximum Gasteiger partial charge on any atom is 0.118 e. The number of hydrogen-bond acceptors (Lipinski definition) is 6. The molecule has 0 aliphatic carbocycles. The van der Waals surface area contributed by atoms with E-state index in [1.807, 2.05) is 85.1 Å². The molecule has 2 aromatic carbocycles. The van der Waals surface area contributed by atoms with Crippen LogP contribution in [0.3, 0.4) is 0 Å². The molecule has 0 fully saturated rings. The van der Waals surface area contributed by atoms with E-state index < -0.39 is 0 Å². The van der Waals surface area contributed by atoms with Crippen LogP contribution in [0, 0.1) is 0 Å². The normalized spacial score (nSPS) is 11.1. The molecule has 0 radical (unpaired) electrons. The standard InChI is InChI=1S/C20H26N4O2/c1-23(21-15-17-5-9-19(25-3)10-6-17)13-14-24(2)22-16-18-7-11-20(26-4)12-8-18/h5-12,15-16H,13-14H2,1-4H3/b21-15+,22-16+. The second-order valence-electron chi connectivity index (χ2n) is 5.80. The van der Waals surface area contributed by atoms with E-state index in [2.05, 4.69) is 10.2 Å². The van der Waals surface area contributed by atoms with E-state index in [1.54, 1.807) is 14.2 Å². The van der Waals surface area contributed by atoms with Crippen molar-refractivity contribution in [1.29, 1.82) is 0 Å². The number of hydrazone groups is 2. The molecule has 26 heavy (non-hydrogen) atoms. The lowest BCUT2D eigenvalue weighted by molar-refractivity contribution is 0.272. The Morgan fingerprint density at radius 2 is 1.04 bits per heavy atom. The summed E-state index contributed by atoms with van der Waals surface area (Å²) in [7, 11) is 7.21. The fraction of sp³-hybridized carbons (Fsp3) is 0.300.